The van der Waals surface area contributed by atoms with Gasteiger partial charge in [0, 0.05) is 10.6 Å². The first-order chi connectivity index (χ1) is 12.1. The molecule has 1 atom stereocenters. The van der Waals surface area contributed by atoms with Crippen molar-refractivity contribution in [3.8, 4) is 0 Å². The Labute approximate surface area is 153 Å². The van der Waals surface area contributed by atoms with Crippen molar-refractivity contribution in [1.82, 2.24) is 0 Å². The minimum Gasteiger partial charge on any atom is -0.465 e. The van der Waals surface area contributed by atoms with E-state index in [1.165, 1.54) is 0 Å². The summed E-state index contributed by atoms with van der Waals surface area (Å²) in [7, 11) is 0. The molecule has 2 aromatic carbocycles. The Morgan fingerprint density at radius 3 is 2.24 bits per heavy atom. The van der Waals surface area contributed by atoms with Crippen molar-refractivity contribution >= 4 is 35.0 Å². The maximum absolute atomic E-state index is 13.1. The van der Waals surface area contributed by atoms with Crippen molar-refractivity contribution in [2.24, 2.45) is 5.92 Å². The van der Waals surface area contributed by atoms with Crippen LogP contribution >= 0.6 is 11.6 Å². The third-order valence-corrected chi connectivity index (χ3v) is 4.08. The number of carbonyl (C=O) groups is 2. The number of hydrogen-bond donors (Lipinski definition) is 0. The molecule has 130 valence electrons. The van der Waals surface area contributed by atoms with Gasteiger partial charge in [-0.3, -0.25) is 9.59 Å². The largest absolute Gasteiger partial charge is 0.465 e. The second kappa shape index (κ2) is 9.19. The van der Waals surface area contributed by atoms with E-state index in [-0.39, 0.29) is 12.4 Å². The summed E-state index contributed by atoms with van der Waals surface area (Å²) in [5.41, 5.74) is 2.10. The van der Waals surface area contributed by atoms with Crippen molar-refractivity contribution in [3.63, 3.8) is 0 Å². The Hall–Kier alpha value is -2.39. The summed E-state index contributed by atoms with van der Waals surface area (Å²) in [6.07, 6.45) is 2.18. The fourth-order valence-electron chi connectivity index (χ4n) is 2.53. The average Bonchev–Trinajstić information content (AvgIpc) is 2.62. The number of Topliss-reactive ketones (excluding diaryl/α,β-unsaturated/α-hetero) is 1. The number of esters is 1. The van der Waals surface area contributed by atoms with Crippen LogP contribution in [0.4, 0.5) is 0 Å². The first kappa shape index (κ1) is 18.9. The molecule has 0 saturated heterocycles. The molecule has 4 heteroatoms. The van der Waals surface area contributed by atoms with Crippen LogP contribution in [0.3, 0.4) is 0 Å². The molecule has 0 aliphatic rings. The predicted octanol–water partition coefficient (Wildman–Crippen LogP) is 5.04. The number of benzene rings is 2. The highest BCUT2D eigenvalue weighted by atomic mass is 35.5. The van der Waals surface area contributed by atoms with E-state index in [2.05, 4.69) is 0 Å². The van der Waals surface area contributed by atoms with Crippen LogP contribution in [-0.2, 0) is 14.3 Å². The zero-order chi connectivity index (χ0) is 18.2. The molecule has 0 spiro atoms. The number of ketones is 1. The third kappa shape index (κ3) is 5.04. The molecule has 0 amide bonds. The zero-order valence-electron chi connectivity index (χ0n) is 14.4. The minimum atomic E-state index is -0.807. The van der Waals surface area contributed by atoms with Gasteiger partial charge in [-0.25, -0.2) is 0 Å². The van der Waals surface area contributed by atoms with Crippen LogP contribution in [0.1, 0.15) is 31.4 Å². The van der Waals surface area contributed by atoms with Crippen LogP contribution in [0.2, 0.25) is 5.02 Å². The lowest BCUT2D eigenvalue weighted by Gasteiger charge is -2.15. The second-order valence-electron chi connectivity index (χ2n) is 5.55. The maximum atomic E-state index is 13.1. The summed E-state index contributed by atoms with van der Waals surface area (Å²) in [5, 5.41) is 0.627. The summed E-state index contributed by atoms with van der Waals surface area (Å²) in [6.45, 7) is 3.80. The number of ether oxygens (including phenoxy) is 1. The van der Waals surface area contributed by atoms with E-state index in [1.54, 1.807) is 25.1 Å². The van der Waals surface area contributed by atoms with Gasteiger partial charge >= 0.3 is 5.97 Å². The molecule has 0 saturated carbocycles. The van der Waals surface area contributed by atoms with Gasteiger partial charge < -0.3 is 4.74 Å². The number of halogens is 1. The van der Waals surface area contributed by atoms with E-state index < -0.39 is 11.9 Å². The van der Waals surface area contributed by atoms with E-state index in [4.69, 9.17) is 16.3 Å². The topological polar surface area (TPSA) is 43.4 Å². The van der Waals surface area contributed by atoms with Gasteiger partial charge in [0.25, 0.3) is 0 Å². The minimum absolute atomic E-state index is 0.234. The second-order valence-corrected chi connectivity index (χ2v) is 5.99. The van der Waals surface area contributed by atoms with Gasteiger partial charge in [-0.15, -0.1) is 0 Å². The van der Waals surface area contributed by atoms with Gasteiger partial charge in [0.05, 0.1) is 6.61 Å². The SMILES string of the molecule is CCOC(=O)C(CC)C(=O)/C(=C/c1ccc(Cl)cc1)c1ccccc1. The van der Waals surface area contributed by atoms with Crippen LogP contribution in [0.15, 0.2) is 54.6 Å². The van der Waals surface area contributed by atoms with Crippen LogP contribution in [0.25, 0.3) is 11.6 Å². The Balaban J connectivity index is 2.46. The zero-order valence-corrected chi connectivity index (χ0v) is 15.1. The molecule has 3 nitrogen and oxygen atoms in total. The first-order valence-corrected chi connectivity index (χ1v) is 8.68. The van der Waals surface area contributed by atoms with E-state index in [9.17, 15) is 9.59 Å². The van der Waals surface area contributed by atoms with Crippen LogP contribution in [0, 0.1) is 5.92 Å². The fourth-order valence-corrected chi connectivity index (χ4v) is 2.66. The van der Waals surface area contributed by atoms with E-state index in [0.717, 1.165) is 11.1 Å². The first-order valence-electron chi connectivity index (χ1n) is 8.30. The Morgan fingerprint density at radius 2 is 1.68 bits per heavy atom. The van der Waals surface area contributed by atoms with Crippen LogP contribution < -0.4 is 0 Å². The fraction of sp³-hybridized carbons (Fsp3) is 0.238. The lowest BCUT2D eigenvalue weighted by atomic mass is 9.89. The summed E-state index contributed by atoms with van der Waals surface area (Å²) in [6, 6.07) is 16.5. The van der Waals surface area contributed by atoms with Gasteiger partial charge in [-0.05, 0) is 42.7 Å². The van der Waals surface area contributed by atoms with Crippen LogP contribution in [-0.4, -0.2) is 18.4 Å². The van der Waals surface area contributed by atoms with Gasteiger partial charge in [0.15, 0.2) is 5.78 Å². The Bertz CT molecular complexity index is 748. The molecule has 25 heavy (non-hydrogen) atoms. The monoisotopic (exact) mass is 356 g/mol. The smallest absolute Gasteiger partial charge is 0.316 e. The third-order valence-electron chi connectivity index (χ3n) is 3.83. The molecule has 0 aliphatic heterocycles. The number of hydrogen-bond acceptors (Lipinski definition) is 3. The summed E-state index contributed by atoms with van der Waals surface area (Å²) < 4.78 is 5.06. The van der Waals surface area contributed by atoms with Gasteiger partial charge in [-0.1, -0.05) is 61.0 Å². The molecule has 0 N–H and O–H groups in total. The molecular formula is C21H21ClO3. The standard InChI is InChI=1S/C21H21ClO3/c1-3-18(21(24)25-4-2)20(23)19(16-8-6-5-7-9-16)14-15-10-12-17(22)13-11-15/h5-14,18H,3-4H2,1-2H3/b19-14+. The number of rotatable bonds is 7. The normalized spacial score (nSPS) is 12.5. The number of carbonyl (C=O) groups excluding carboxylic acids is 2. The molecule has 2 rings (SSSR count). The van der Waals surface area contributed by atoms with Gasteiger partial charge in [-0.2, -0.15) is 0 Å². The summed E-state index contributed by atoms with van der Waals surface area (Å²) in [4.78, 5) is 25.2. The van der Waals surface area contributed by atoms with E-state index >= 15 is 0 Å². The lowest BCUT2D eigenvalue weighted by Crippen LogP contribution is -2.26. The van der Waals surface area contributed by atoms with Crippen molar-refractivity contribution in [3.05, 3.63) is 70.7 Å². The molecular weight excluding hydrogens is 336 g/mol. The number of allylic oxidation sites excluding steroid dienone is 1. The van der Waals surface area contributed by atoms with Crippen molar-refractivity contribution in [1.29, 1.82) is 0 Å². The summed E-state index contributed by atoms with van der Waals surface area (Å²) in [5.74, 6) is -1.52. The lowest BCUT2D eigenvalue weighted by molar-refractivity contribution is -0.150. The maximum Gasteiger partial charge on any atom is 0.316 e. The molecule has 0 bridgehead atoms. The highest BCUT2D eigenvalue weighted by Crippen LogP contribution is 2.25. The Morgan fingerprint density at radius 1 is 1.04 bits per heavy atom. The van der Waals surface area contributed by atoms with E-state index in [1.807, 2.05) is 49.4 Å². The molecule has 0 fully saturated rings. The average molecular weight is 357 g/mol. The highest BCUT2D eigenvalue weighted by molar-refractivity contribution is 6.31. The van der Waals surface area contributed by atoms with Gasteiger partial charge in [0.1, 0.15) is 5.92 Å². The molecule has 0 aromatic heterocycles. The van der Waals surface area contributed by atoms with Crippen molar-refractivity contribution in [2.75, 3.05) is 6.61 Å². The molecule has 0 aliphatic carbocycles. The highest BCUT2D eigenvalue weighted by Gasteiger charge is 2.29. The van der Waals surface area contributed by atoms with Crippen molar-refractivity contribution < 1.29 is 14.3 Å². The molecule has 0 heterocycles. The molecule has 1 unspecified atom stereocenters. The van der Waals surface area contributed by atoms with Gasteiger partial charge in [0.2, 0.25) is 0 Å². The predicted molar refractivity (Wildman–Crippen MR) is 101 cm³/mol. The van der Waals surface area contributed by atoms with Crippen LogP contribution in [0.5, 0.6) is 0 Å². The van der Waals surface area contributed by atoms with E-state index in [0.29, 0.717) is 17.0 Å². The summed E-state index contributed by atoms with van der Waals surface area (Å²) >= 11 is 5.93. The molecule has 2 aromatic rings. The van der Waals surface area contributed by atoms with Crippen molar-refractivity contribution in [2.45, 2.75) is 20.3 Å². The molecule has 0 radical (unpaired) electrons. The Kier molecular flexibility index (Phi) is 6.96. The quantitative estimate of drug-likeness (QED) is 0.302.